The maximum Gasteiger partial charge on any atom is 0.247 e. The lowest BCUT2D eigenvalue weighted by Crippen LogP contribution is -2.55. The Labute approximate surface area is 124 Å². The smallest absolute Gasteiger partial charge is 0.247 e. The number of pyridine rings is 1. The van der Waals surface area contributed by atoms with Crippen molar-refractivity contribution in [3.63, 3.8) is 0 Å². The first-order valence-corrected chi connectivity index (χ1v) is 8.40. The van der Waals surface area contributed by atoms with Crippen LogP contribution in [0.4, 0.5) is 5.69 Å². The van der Waals surface area contributed by atoms with Crippen LogP contribution in [0.5, 0.6) is 0 Å². The molecule has 0 aliphatic carbocycles. The predicted octanol–water partition coefficient (Wildman–Crippen LogP) is 0.412. The first-order valence-electron chi connectivity index (χ1n) is 6.96. The van der Waals surface area contributed by atoms with E-state index in [0.717, 1.165) is 6.42 Å². The molecular formula is C13H20N4O3S. The molecule has 116 valence electrons. The Morgan fingerprint density at radius 3 is 3.00 bits per heavy atom. The third kappa shape index (κ3) is 3.16. The van der Waals surface area contributed by atoms with Gasteiger partial charge in [0.2, 0.25) is 15.9 Å². The van der Waals surface area contributed by atoms with Gasteiger partial charge in [-0.05, 0) is 19.4 Å². The van der Waals surface area contributed by atoms with E-state index < -0.39 is 16.1 Å². The predicted molar refractivity (Wildman–Crippen MR) is 79.4 cm³/mol. The highest BCUT2D eigenvalue weighted by Crippen LogP contribution is 2.25. The molecule has 1 saturated heterocycles. The molecule has 0 bridgehead atoms. The quantitative estimate of drug-likeness (QED) is 0.822. The van der Waals surface area contributed by atoms with Crippen LogP contribution in [0.25, 0.3) is 0 Å². The summed E-state index contributed by atoms with van der Waals surface area (Å²) in [6.07, 6.45) is 3.75. The Morgan fingerprint density at radius 2 is 2.29 bits per heavy atom. The van der Waals surface area contributed by atoms with Crippen LogP contribution in [-0.2, 0) is 14.8 Å². The third-order valence-corrected chi connectivity index (χ3v) is 5.38. The SMILES string of the molecule is CCCNc1ccncc1S(=O)(=O)N1CCNC(=O)C1C. The Bertz CT molecular complexity index is 618. The summed E-state index contributed by atoms with van der Waals surface area (Å²) in [4.78, 5) is 15.7. The number of carbonyl (C=O) groups excluding carboxylic acids is 1. The summed E-state index contributed by atoms with van der Waals surface area (Å²) < 4.78 is 26.8. The molecule has 1 atom stereocenters. The Balaban J connectivity index is 2.37. The summed E-state index contributed by atoms with van der Waals surface area (Å²) in [5.41, 5.74) is 0.519. The van der Waals surface area contributed by atoms with Crippen LogP contribution in [0, 0.1) is 0 Å². The van der Waals surface area contributed by atoms with E-state index in [4.69, 9.17) is 0 Å². The molecular weight excluding hydrogens is 292 g/mol. The Morgan fingerprint density at radius 1 is 1.52 bits per heavy atom. The van der Waals surface area contributed by atoms with Crippen molar-refractivity contribution in [2.45, 2.75) is 31.2 Å². The zero-order valence-corrected chi connectivity index (χ0v) is 13.0. The maximum absolute atomic E-state index is 12.8. The van der Waals surface area contributed by atoms with Crippen molar-refractivity contribution in [3.8, 4) is 0 Å². The second kappa shape index (κ2) is 6.40. The third-order valence-electron chi connectivity index (χ3n) is 3.38. The van der Waals surface area contributed by atoms with Gasteiger partial charge in [-0.1, -0.05) is 6.92 Å². The van der Waals surface area contributed by atoms with Crippen molar-refractivity contribution in [2.75, 3.05) is 25.0 Å². The van der Waals surface area contributed by atoms with Gasteiger partial charge in [0.15, 0.2) is 0 Å². The van der Waals surface area contributed by atoms with Gasteiger partial charge in [0, 0.05) is 32.0 Å². The molecule has 1 fully saturated rings. The lowest BCUT2D eigenvalue weighted by Gasteiger charge is -2.32. The van der Waals surface area contributed by atoms with E-state index in [0.29, 0.717) is 18.8 Å². The number of rotatable bonds is 5. The zero-order valence-electron chi connectivity index (χ0n) is 12.2. The molecule has 1 aliphatic heterocycles. The summed E-state index contributed by atoms with van der Waals surface area (Å²) in [6.45, 7) is 4.83. The molecule has 8 heteroatoms. The van der Waals surface area contributed by atoms with E-state index in [-0.39, 0.29) is 17.3 Å². The molecule has 1 aromatic rings. The number of nitrogens with one attached hydrogen (secondary N) is 2. The number of hydrogen-bond donors (Lipinski definition) is 2. The van der Waals surface area contributed by atoms with Crippen molar-refractivity contribution in [1.82, 2.24) is 14.6 Å². The standard InChI is InChI=1S/C13H20N4O3S/c1-3-5-15-11-4-6-14-9-12(11)21(19,20)17-8-7-16-13(18)10(17)2/h4,6,9-10H,3,5,7-8H2,1-2H3,(H,14,15)(H,16,18). The van der Waals surface area contributed by atoms with Crippen LogP contribution in [0.2, 0.25) is 0 Å². The van der Waals surface area contributed by atoms with Crippen LogP contribution in [0.3, 0.4) is 0 Å². The molecule has 1 amide bonds. The molecule has 0 aromatic carbocycles. The highest BCUT2D eigenvalue weighted by molar-refractivity contribution is 7.89. The van der Waals surface area contributed by atoms with Gasteiger partial charge >= 0.3 is 0 Å². The summed E-state index contributed by atoms with van der Waals surface area (Å²) >= 11 is 0. The van der Waals surface area contributed by atoms with Crippen molar-refractivity contribution in [1.29, 1.82) is 0 Å². The molecule has 0 spiro atoms. The molecule has 7 nitrogen and oxygen atoms in total. The van der Waals surface area contributed by atoms with E-state index in [1.165, 1.54) is 10.5 Å². The highest BCUT2D eigenvalue weighted by Gasteiger charge is 2.36. The lowest BCUT2D eigenvalue weighted by molar-refractivity contribution is -0.126. The normalized spacial score (nSPS) is 20.1. The number of amides is 1. The fourth-order valence-corrected chi connectivity index (χ4v) is 3.92. The van der Waals surface area contributed by atoms with Gasteiger partial charge in [0.05, 0.1) is 5.69 Å². The van der Waals surface area contributed by atoms with Gasteiger partial charge in [-0.2, -0.15) is 4.31 Å². The molecule has 1 aliphatic rings. The molecule has 0 saturated carbocycles. The van der Waals surface area contributed by atoms with Crippen LogP contribution in [0.1, 0.15) is 20.3 Å². The topological polar surface area (TPSA) is 91.4 Å². The van der Waals surface area contributed by atoms with Crippen molar-refractivity contribution in [2.24, 2.45) is 0 Å². The van der Waals surface area contributed by atoms with E-state index in [2.05, 4.69) is 15.6 Å². The van der Waals surface area contributed by atoms with Crippen molar-refractivity contribution >= 4 is 21.6 Å². The van der Waals surface area contributed by atoms with Crippen LogP contribution < -0.4 is 10.6 Å². The summed E-state index contributed by atoms with van der Waals surface area (Å²) in [7, 11) is -3.76. The number of carbonyl (C=O) groups is 1. The van der Waals surface area contributed by atoms with Crippen LogP contribution in [0.15, 0.2) is 23.4 Å². The fourth-order valence-electron chi connectivity index (χ4n) is 2.21. The summed E-state index contributed by atoms with van der Waals surface area (Å²) in [5, 5.41) is 5.75. The average Bonchev–Trinajstić information content (AvgIpc) is 2.48. The van der Waals surface area contributed by atoms with Crippen molar-refractivity contribution < 1.29 is 13.2 Å². The number of aromatic nitrogens is 1. The number of piperazine rings is 1. The molecule has 21 heavy (non-hydrogen) atoms. The molecule has 2 rings (SSSR count). The van der Waals surface area contributed by atoms with E-state index in [9.17, 15) is 13.2 Å². The summed E-state index contributed by atoms with van der Waals surface area (Å²) in [5.74, 6) is -0.281. The monoisotopic (exact) mass is 312 g/mol. The first kappa shape index (κ1) is 15.7. The summed E-state index contributed by atoms with van der Waals surface area (Å²) in [6, 6.07) is 0.917. The maximum atomic E-state index is 12.8. The van der Waals surface area contributed by atoms with E-state index in [1.807, 2.05) is 6.92 Å². The van der Waals surface area contributed by atoms with Gasteiger partial charge in [-0.3, -0.25) is 9.78 Å². The van der Waals surface area contributed by atoms with Gasteiger partial charge in [0.25, 0.3) is 0 Å². The molecule has 2 heterocycles. The van der Waals surface area contributed by atoms with Gasteiger partial charge in [-0.15, -0.1) is 0 Å². The highest BCUT2D eigenvalue weighted by atomic mass is 32.2. The van der Waals surface area contributed by atoms with Crippen LogP contribution in [-0.4, -0.2) is 49.3 Å². The average molecular weight is 312 g/mol. The largest absolute Gasteiger partial charge is 0.384 e. The second-order valence-electron chi connectivity index (χ2n) is 4.88. The number of hydrogen-bond acceptors (Lipinski definition) is 5. The Hall–Kier alpha value is -1.67. The number of nitrogens with zero attached hydrogens (tertiary/aromatic N) is 2. The number of anilines is 1. The Kier molecular flexibility index (Phi) is 4.79. The van der Waals surface area contributed by atoms with Gasteiger partial charge in [-0.25, -0.2) is 8.42 Å². The molecule has 1 aromatic heterocycles. The van der Waals surface area contributed by atoms with Gasteiger partial charge in [0.1, 0.15) is 10.9 Å². The minimum absolute atomic E-state index is 0.111. The fraction of sp³-hybridized carbons (Fsp3) is 0.538. The van der Waals surface area contributed by atoms with Gasteiger partial charge < -0.3 is 10.6 Å². The molecule has 2 N–H and O–H groups in total. The van der Waals surface area contributed by atoms with E-state index >= 15 is 0 Å². The molecule has 1 unspecified atom stereocenters. The first-order chi connectivity index (χ1) is 9.98. The lowest BCUT2D eigenvalue weighted by atomic mass is 10.2. The minimum Gasteiger partial charge on any atom is -0.384 e. The minimum atomic E-state index is -3.76. The zero-order chi connectivity index (χ0) is 15.5. The second-order valence-corrected chi connectivity index (χ2v) is 6.74. The van der Waals surface area contributed by atoms with Crippen molar-refractivity contribution in [3.05, 3.63) is 18.5 Å². The molecule has 0 radical (unpaired) electrons. The van der Waals surface area contributed by atoms with E-state index in [1.54, 1.807) is 19.2 Å². The van der Waals surface area contributed by atoms with Crippen LogP contribution >= 0.6 is 0 Å². The number of sulfonamides is 1.